The standard InChI is InChI=1S/C17H23FN2O/c1-11-8-9-20(16-5-3-2-4-13(11)16)17(21)14-7-6-12(19)10-15(14)18/h6-7,10-11,13,16H,2-5,8-9,19H2,1H3. The SMILES string of the molecule is CC1CCN(C(=O)c2ccc(N)cc2F)C2CCCCC12. The molecule has 114 valence electrons. The molecule has 1 aromatic carbocycles. The van der Waals surface area contributed by atoms with Crippen molar-refractivity contribution in [3.8, 4) is 0 Å². The topological polar surface area (TPSA) is 46.3 Å². The summed E-state index contributed by atoms with van der Waals surface area (Å²) < 4.78 is 14.0. The summed E-state index contributed by atoms with van der Waals surface area (Å²) in [6.45, 7) is 3.03. The Morgan fingerprint density at radius 2 is 2.05 bits per heavy atom. The lowest BCUT2D eigenvalue weighted by atomic mass is 9.72. The molecule has 2 fully saturated rings. The Morgan fingerprint density at radius 1 is 1.29 bits per heavy atom. The van der Waals surface area contributed by atoms with Crippen molar-refractivity contribution in [2.75, 3.05) is 12.3 Å². The van der Waals surface area contributed by atoms with Gasteiger partial charge in [-0.3, -0.25) is 4.79 Å². The molecule has 0 bridgehead atoms. The average molecular weight is 290 g/mol. The molecule has 1 saturated heterocycles. The van der Waals surface area contributed by atoms with E-state index in [1.54, 1.807) is 6.07 Å². The second kappa shape index (κ2) is 5.66. The number of halogens is 1. The maximum absolute atomic E-state index is 14.0. The third-order valence-electron chi connectivity index (χ3n) is 5.22. The largest absolute Gasteiger partial charge is 0.399 e. The Balaban J connectivity index is 1.86. The summed E-state index contributed by atoms with van der Waals surface area (Å²) >= 11 is 0. The molecule has 1 heterocycles. The summed E-state index contributed by atoms with van der Waals surface area (Å²) in [5.74, 6) is 0.561. The highest BCUT2D eigenvalue weighted by Gasteiger charge is 2.39. The number of nitrogens with two attached hydrogens (primary N) is 1. The summed E-state index contributed by atoms with van der Waals surface area (Å²) in [7, 11) is 0. The van der Waals surface area contributed by atoms with Crippen LogP contribution in [0.5, 0.6) is 0 Å². The van der Waals surface area contributed by atoms with Crippen molar-refractivity contribution in [1.29, 1.82) is 0 Å². The van der Waals surface area contributed by atoms with Crippen LogP contribution in [0, 0.1) is 17.7 Å². The number of nitrogen functional groups attached to an aromatic ring is 1. The number of piperidine rings is 1. The van der Waals surface area contributed by atoms with E-state index < -0.39 is 5.82 Å². The fourth-order valence-electron chi connectivity index (χ4n) is 4.02. The fourth-order valence-corrected chi connectivity index (χ4v) is 4.02. The van der Waals surface area contributed by atoms with Crippen LogP contribution in [0.15, 0.2) is 18.2 Å². The smallest absolute Gasteiger partial charge is 0.257 e. The van der Waals surface area contributed by atoms with Gasteiger partial charge in [-0.2, -0.15) is 0 Å². The maximum atomic E-state index is 14.0. The van der Waals surface area contributed by atoms with Gasteiger partial charge in [-0.15, -0.1) is 0 Å². The average Bonchev–Trinajstić information content (AvgIpc) is 2.47. The van der Waals surface area contributed by atoms with Crippen molar-refractivity contribution in [3.63, 3.8) is 0 Å². The molecule has 0 radical (unpaired) electrons. The van der Waals surface area contributed by atoms with Crippen LogP contribution in [0.4, 0.5) is 10.1 Å². The monoisotopic (exact) mass is 290 g/mol. The zero-order valence-corrected chi connectivity index (χ0v) is 12.5. The number of anilines is 1. The first-order valence-electron chi connectivity index (χ1n) is 7.94. The van der Waals surface area contributed by atoms with Crippen molar-refractivity contribution >= 4 is 11.6 Å². The number of hydrogen-bond donors (Lipinski definition) is 1. The van der Waals surface area contributed by atoms with Crippen molar-refractivity contribution in [1.82, 2.24) is 4.90 Å². The number of benzene rings is 1. The highest BCUT2D eigenvalue weighted by atomic mass is 19.1. The van der Waals surface area contributed by atoms with Gasteiger partial charge in [0, 0.05) is 18.3 Å². The molecule has 3 atom stereocenters. The number of rotatable bonds is 1. The van der Waals surface area contributed by atoms with Crippen LogP contribution in [0.25, 0.3) is 0 Å². The van der Waals surface area contributed by atoms with Crippen molar-refractivity contribution < 1.29 is 9.18 Å². The molecule has 1 aliphatic heterocycles. The molecule has 2 aliphatic rings. The number of fused-ring (bicyclic) bond motifs is 1. The summed E-state index contributed by atoms with van der Waals surface area (Å²) in [4.78, 5) is 14.7. The van der Waals surface area contributed by atoms with Crippen LogP contribution in [0.2, 0.25) is 0 Å². The lowest BCUT2D eigenvalue weighted by Gasteiger charge is -2.47. The van der Waals surface area contributed by atoms with Gasteiger partial charge < -0.3 is 10.6 Å². The van der Waals surface area contributed by atoms with Crippen molar-refractivity contribution in [2.45, 2.75) is 45.1 Å². The molecule has 21 heavy (non-hydrogen) atoms. The molecule has 4 heteroatoms. The highest BCUT2D eigenvalue weighted by molar-refractivity contribution is 5.95. The summed E-state index contributed by atoms with van der Waals surface area (Å²) in [5, 5.41) is 0. The Morgan fingerprint density at radius 3 is 2.81 bits per heavy atom. The summed E-state index contributed by atoms with van der Waals surface area (Å²) in [6.07, 6.45) is 5.69. The van der Waals surface area contributed by atoms with Gasteiger partial charge in [0.15, 0.2) is 0 Å². The van der Waals surface area contributed by atoms with E-state index in [1.807, 2.05) is 4.90 Å². The van der Waals surface area contributed by atoms with E-state index in [0.29, 0.717) is 17.5 Å². The Bertz CT molecular complexity index is 546. The van der Waals surface area contributed by atoms with E-state index in [1.165, 1.54) is 31.4 Å². The molecule has 0 spiro atoms. The van der Waals surface area contributed by atoms with E-state index in [4.69, 9.17) is 5.73 Å². The number of amides is 1. The first-order chi connectivity index (χ1) is 10.1. The van der Waals surface area contributed by atoms with Crippen LogP contribution in [-0.4, -0.2) is 23.4 Å². The van der Waals surface area contributed by atoms with E-state index in [2.05, 4.69) is 6.92 Å². The molecular weight excluding hydrogens is 267 g/mol. The fraction of sp³-hybridized carbons (Fsp3) is 0.588. The first kappa shape index (κ1) is 14.4. The minimum absolute atomic E-state index is 0.156. The van der Waals surface area contributed by atoms with E-state index in [0.717, 1.165) is 19.4 Å². The molecule has 3 unspecified atom stereocenters. The van der Waals surface area contributed by atoms with Gasteiger partial charge >= 0.3 is 0 Å². The second-order valence-corrected chi connectivity index (χ2v) is 6.52. The van der Waals surface area contributed by atoms with Crippen LogP contribution < -0.4 is 5.73 Å². The molecule has 2 N–H and O–H groups in total. The number of nitrogens with zero attached hydrogens (tertiary/aromatic N) is 1. The molecular formula is C17H23FN2O. The van der Waals surface area contributed by atoms with E-state index >= 15 is 0 Å². The molecule has 1 saturated carbocycles. The molecule has 3 nitrogen and oxygen atoms in total. The number of hydrogen-bond acceptors (Lipinski definition) is 2. The number of likely N-dealkylation sites (tertiary alicyclic amines) is 1. The molecule has 1 aromatic rings. The lowest BCUT2D eigenvalue weighted by molar-refractivity contribution is 0.0214. The maximum Gasteiger partial charge on any atom is 0.257 e. The number of carbonyl (C=O) groups excluding carboxylic acids is 1. The first-order valence-corrected chi connectivity index (χ1v) is 7.94. The van der Waals surface area contributed by atoms with Gasteiger partial charge in [0.2, 0.25) is 0 Å². The van der Waals surface area contributed by atoms with Gasteiger partial charge in [0.05, 0.1) is 5.56 Å². The zero-order chi connectivity index (χ0) is 15.0. The minimum atomic E-state index is -0.508. The number of carbonyl (C=O) groups is 1. The molecule has 1 amide bonds. The van der Waals surface area contributed by atoms with Gasteiger partial charge in [-0.05, 0) is 49.3 Å². The third-order valence-corrected chi connectivity index (χ3v) is 5.22. The van der Waals surface area contributed by atoms with Gasteiger partial charge in [0.1, 0.15) is 5.82 Å². The van der Waals surface area contributed by atoms with Crippen LogP contribution >= 0.6 is 0 Å². The van der Waals surface area contributed by atoms with Gasteiger partial charge in [0.25, 0.3) is 5.91 Å². The van der Waals surface area contributed by atoms with E-state index in [9.17, 15) is 9.18 Å². The quantitative estimate of drug-likeness (QED) is 0.805. The summed E-state index contributed by atoms with van der Waals surface area (Å²) in [6, 6.07) is 4.63. The zero-order valence-electron chi connectivity index (χ0n) is 12.5. The third kappa shape index (κ3) is 2.63. The Hall–Kier alpha value is -1.58. The second-order valence-electron chi connectivity index (χ2n) is 6.52. The van der Waals surface area contributed by atoms with Gasteiger partial charge in [-0.1, -0.05) is 19.8 Å². The van der Waals surface area contributed by atoms with Crippen molar-refractivity contribution in [2.24, 2.45) is 11.8 Å². The Labute approximate surface area is 125 Å². The van der Waals surface area contributed by atoms with E-state index in [-0.39, 0.29) is 17.5 Å². The van der Waals surface area contributed by atoms with Crippen molar-refractivity contribution in [3.05, 3.63) is 29.6 Å². The predicted molar refractivity (Wildman–Crippen MR) is 81.4 cm³/mol. The Kier molecular flexibility index (Phi) is 3.87. The lowest BCUT2D eigenvalue weighted by Crippen LogP contribution is -2.52. The molecule has 0 aromatic heterocycles. The molecule has 1 aliphatic carbocycles. The van der Waals surface area contributed by atoms with Crippen LogP contribution in [-0.2, 0) is 0 Å². The highest BCUT2D eigenvalue weighted by Crippen LogP contribution is 2.39. The van der Waals surface area contributed by atoms with Crippen LogP contribution in [0.1, 0.15) is 49.4 Å². The molecule has 3 rings (SSSR count). The van der Waals surface area contributed by atoms with Gasteiger partial charge in [-0.25, -0.2) is 4.39 Å². The van der Waals surface area contributed by atoms with Crippen LogP contribution in [0.3, 0.4) is 0 Å². The predicted octanol–water partition coefficient (Wildman–Crippen LogP) is 3.45. The summed E-state index contributed by atoms with van der Waals surface area (Å²) in [5.41, 5.74) is 6.07. The normalized spacial score (nSPS) is 29.0. The minimum Gasteiger partial charge on any atom is -0.399 e.